The minimum atomic E-state index is -1.66. The number of carbonyl (C=O) groups excluding carboxylic acids is 1. The summed E-state index contributed by atoms with van der Waals surface area (Å²) in [5.41, 5.74) is 10.7. The molecule has 1 aromatic carbocycles. The van der Waals surface area contributed by atoms with Crippen LogP contribution in [0.5, 0.6) is 0 Å². The van der Waals surface area contributed by atoms with E-state index in [0.717, 1.165) is 5.56 Å². The highest BCUT2D eigenvalue weighted by Gasteiger charge is 2.35. The van der Waals surface area contributed by atoms with Gasteiger partial charge in [0.05, 0.1) is 0 Å². The first kappa shape index (κ1) is 12.4. The van der Waals surface area contributed by atoms with E-state index in [2.05, 4.69) is 0 Å². The fraction of sp³-hybridized carbons (Fsp3) is 0.273. The third kappa shape index (κ3) is 2.26. The lowest BCUT2D eigenvalue weighted by Gasteiger charge is -2.22. The molecule has 1 unspecified atom stereocenters. The summed E-state index contributed by atoms with van der Waals surface area (Å²) in [7, 11) is 0. The standard InChI is InChI=1S/C11H14N2O3/c12-7-8-1-3-9(4-2-8)11(13,5-6-14)10(15)16/h1-4,6H,5,7,12-13H2,(H,15,16). The lowest BCUT2D eigenvalue weighted by molar-refractivity contribution is -0.144. The number of carboxylic acid groups (broad SMARTS) is 1. The fourth-order valence-electron chi connectivity index (χ4n) is 1.40. The highest BCUT2D eigenvalue weighted by Crippen LogP contribution is 2.22. The van der Waals surface area contributed by atoms with Gasteiger partial charge in [0.2, 0.25) is 0 Å². The van der Waals surface area contributed by atoms with Crippen molar-refractivity contribution in [3.63, 3.8) is 0 Å². The van der Waals surface area contributed by atoms with Crippen LogP contribution >= 0.6 is 0 Å². The van der Waals surface area contributed by atoms with E-state index < -0.39 is 11.5 Å². The number of aldehydes is 1. The molecule has 0 saturated heterocycles. The zero-order valence-corrected chi connectivity index (χ0v) is 8.72. The SMILES string of the molecule is NCc1ccc(C(N)(CC=O)C(=O)O)cc1. The van der Waals surface area contributed by atoms with Crippen molar-refractivity contribution in [1.29, 1.82) is 0 Å². The number of benzene rings is 1. The van der Waals surface area contributed by atoms with E-state index >= 15 is 0 Å². The van der Waals surface area contributed by atoms with Gasteiger partial charge in [0.25, 0.3) is 0 Å². The van der Waals surface area contributed by atoms with Gasteiger partial charge in [-0.15, -0.1) is 0 Å². The summed E-state index contributed by atoms with van der Waals surface area (Å²) in [4.78, 5) is 21.5. The molecule has 0 fully saturated rings. The van der Waals surface area contributed by atoms with Crippen LogP contribution in [0.25, 0.3) is 0 Å². The van der Waals surface area contributed by atoms with Crippen molar-refractivity contribution in [3.8, 4) is 0 Å². The van der Waals surface area contributed by atoms with Gasteiger partial charge in [-0.25, -0.2) is 4.79 Å². The lowest BCUT2D eigenvalue weighted by Crippen LogP contribution is -2.45. The number of hydrogen-bond donors (Lipinski definition) is 3. The number of hydrogen-bond acceptors (Lipinski definition) is 4. The molecule has 5 N–H and O–H groups in total. The minimum absolute atomic E-state index is 0.260. The maximum absolute atomic E-state index is 11.1. The first-order chi connectivity index (χ1) is 7.54. The fourth-order valence-corrected chi connectivity index (χ4v) is 1.40. The molecule has 86 valence electrons. The Morgan fingerprint density at radius 3 is 2.31 bits per heavy atom. The van der Waals surface area contributed by atoms with Gasteiger partial charge in [-0.3, -0.25) is 0 Å². The Balaban J connectivity index is 3.11. The second kappa shape index (κ2) is 4.87. The Kier molecular flexibility index (Phi) is 3.76. The quantitative estimate of drug-likeness (QED) is 0.607. The molecular formula is C11H14N2O3. The van der Waals surface area contributed by atoms with Gasteiger partial charge in [0, 0.05) is 13.0 Å². The van der Waals surface area contributed by atoms with Gasteiger partial charge < -0.3 is 21.4 Å². The first-order valence-corrected chi connectivity index (χ1v) is 4.80. The average Bonchev–Trinajstić information content (AvgIpc) is 2.29. The van der Waals surface area contributed by atoms with Crippen LogP contribution in [0.15, 0.2) is 24.3 Å². The van der Waals surface area contributed by atoms with Crippen LogP contribution in [0.3, 0.4) is 0 Å². The van der Waals surface area contributed by atoms with E-state index in [1.807, 2.05) is 0 Å². The first-order valence-electron chi connectivity index (χ1n) is 4.80. The van der Waals surface area contributed by atoms with Gasteiger partial charge >= 0.3 is 5.97 Å². The van der Waals surface area contributed by atoms with Crippen LogP contribution in [0, 0.1) is 0 Å². The molecule has 0 heterocycles. The summed E-state index contributed by atoms with van der Waals surface area (Å²) in [6, 6.07) is 6.56. The zero-order valence-electron chi connectivity index (χ0n) is 8.72. The molecule has 1 rings (SSSR count). The second-order valence-electron chi connectivity index (χ2n) is 3.55. The molecule has 0 aliphatic rings. The van der Waals surface area contributed by atoms with Gasteiger partial charge in [-0.1, -0.05) is 24.3 Å². The molecule has 0 bridgehead atoms. The van der Waals surface area contributed by atoms with Gasteiger partial charge in [0.1, 0.15) is 11.8 Å². The number of rotatable bonds is 5. The van der Waals surface area contributed by atoms with E-state index in [4.69, 9.17) is 16.6 Å². The molecule has 5 nitrogen and oxygen atoms in total. The highest BCUT2D eigenvalue weighted by atomic mass is 16.4. The molecule has 0 aliphatic carbocycles. The van der Waals surface area contributed by atoms with Crippen LogP contribution in [0.4, 0.5) is 0 Å². The summed E-state index contributed by atoms with van der Waals surface area (Å²) in [6.07, 6.45) is 0.245. The summed E-state index contributed by atoms with van der Waals surface area (Å²) in [5, 5.41) is 9.03. The number of nitrogens with two attached hydrogens (primary N) is 2. The van der Waals surface area contributed by atoms with Crippen LogP contribution in [0.1, 0.15) is 17.5 Å². The largest absolute Gasteiger partial charge is 0.480 e. The van der Waals surface area contributed by atoms with Crippen LogP contribution in [-0.4, -0.2) is 17.4 Å². The molecule has 1 atom stereocenters. The average molecular weight is 222 g/mol. The summed E-state index contributed by atoms with van der Waals surface area (Å²) in [6.45, 7) is 0.374. The molecule has 0 amide bonds. The molecule has 0 radical (unpaired) electrons. The molecule has 0 aliphatic heterocycles. The van der Waals surface area contributed by atoms with Crippen molar-refractivity contribution >= 4 is 12.3 Å². The maximum Gasteiger partial charge on any atom is 0.328 e. The van der Waals surface area contributed by atoms with Crippen LogP contribution < -0.4 is 11.5 Å². The van der Waals surface area contributed by atoms with Crippen molar-refractivity contribution in [2.75, 3.05) is 0 Å². The van der Waals surface area contributed by atoms with E-state index in [-0.39, 0.29) is 6.42 Å². The summed E-state index contributed by atoms with van der Waals surface area (Å²) in [5.74, 6) is -1.22. The smallest absolute Gasteiger partial charge is 0.328 e. The Morgan fingerprint density at radius 1 is 1.38 bits per heavy atom. The second-order valence-corrected chi connectivity index (χ2v) is 3.55. The predicted molar refractivity (Wildman–Crippen MR) is 58.5 cm³/mol. The van der Waals surface area contributed by atoms with Gasteiger partial charge in [0.15, 0.2) is 0 Å². The molecule has 0 aromatic heterocycles. The third-order valence-electron chi connectivity index (χ3n) is 2.49. The van der Waals surface area contributed by atoms with E-state index in [9.17, 15) is 9.59 Å². The lowest BCUT2D eigenvalue weighted by atomic mass is 9.88. The van der Waals surface area contributed by atoms with E-state index in [1.165, 1.54) is 0 Å². The van der Waals surface area contributed by atoms with Gasteiger partial charge in [-0.2, -0.15) is 0 Å². The van der Waals surface area contributed by atoms with Crippen molar-refractivity contribution in [2.24, 2.45) is 11.5 Å². The number of carboxylic acids is 1. The topological polar surface area (TPSA) is 106 Å². The molecule has 0 saturated carbocycles. The zero-order chi connectivity index (χ0) is 12.2. The minimum Gasteiger partial charge on any atom is -0.480 e. The maximum atomic E-state index is 11.1. The molecular weight excluding hydrogens is 208 g/mol. The normalized spacial score (nSPS) is 14.1. The van der Waals surface area contributed by atoms with E-state index in [0.29, 0.717) is 18.4 Å². The number of carbonyl (C=O) groups is 2. The monoisotopic (exact) mass is 222 g/mol. The van der Waals surface area contributed by atoms with E-state index in [1.54, 1.807) is 24.3 Å². The predicted octanol–water partition coefficient (Wildman–Crippen LogP) is -0.0271. The van der Waals surface area contributed by atoms with Crippen molar-refractivity contribution in [1.82, 2.24) is 0 Å². The van der Waals surface area contributed by atoms with Crippen LogP contribution in [-0.2, 0) is 21.7 Å². The number of aliphatic carboxylic acids is 1. The molecule has 0 spiro atoms. The Labute approximate surface area is 93.1 Å². The van der Waals surface area contributed by atoms with Crippen molar-refractivity contribution < 1.29 is 14.7 Å². The van der Waals surface area contributed by atoms with Crippen molar-refractivity contribution in [2.45, 2.75) is 18.5 Å². The summed E-state index contributed by atoms with van der Waals surface area (Å²) >= 11 is 0. The Morgan fingerprint density at radius 2 is 1.94 bits per heavy atom. The molecule has 5 heteroatoms. The third-order valence-corrected chi connectivity index (χ3v) is 2.49. The Hall–Kier alpha value is -1.72. The summed E-state index contributed by atoms with van der Waals surface area (Å²) < 4.78 is 0. The van der Waals surface area contributed by atoms with Crippen LogP contribution in [0.2, 0.25) is 0 Å². The Bertz CT molecular complexity index is 389. The van der Waals surface area contributed by atoms with Crippen molar-refractivity contribution in [3.05, 3.63) is 35.4 Å². The molecule has 16 heavy (non-hydrogen) atoms. The molecule has 1 aromatic rings. The van der Waals surface area contributed by atoms with Gasteiger partial charge in [-0.05, 0) is 11.1 Å². The highest BCUT2D eigenvalue weighted by molar-refractivity contribution is 5.83.